The van der Waals surface area contributed by atoms with Gasteiger partial charge in [-0.3, -0.25) is 9.48 Å². The fraction of sp³-hybridized carbons (Fsp3) is 0.353. The van der Waals surface area contributed by atoms with Crippen LogP contribution in [0.15, 0.2) is 29.1 Å². The minimum atomic E-state index is -0.116. The first-order chi connectivity index (χ1) is 11.5. The van der Waals surface area contributed by atoms with Crippen molar-refractivity contribution in [3.63, 3.8) is 0 Å². The van der Waals surface area contributed by atoms with E-state index in [9.17, 15) is 4.79 Å². The van der Waals surface area contributed by atoms with E-state index in [1.165, 1.54) is 5.56 Å². The maximum absolute atomic E-state index is 12.5. The maximum Gasteiger partial charge on any atom is 0.252 e. The Hall–Kier alpha value is -2.25. The number of aromatic nitrogens is 3. The van der Waals surface area contributed by atoms with Gasteiger partial charge in [0.25, 0.3) is 5.91 Å². The monoisotopic (exact) mass is 343 g/mol. The van der Waals surface area contributed by atoms with E-state index in [1.54, 1.807) is 22.2 Å². The Morgan fingerprint density at radius 3 is 2.92 bits per heavy atom. The first-order valence-electron chi connectivity index (χ1n) is 7.73. The number of pyridine rings is 1. The van der Waals surface area contributed by atoms with Gasteiger partial charge in [-0.25, -0.2) is 4.98 Å². The molecule has 3 aromatic rings. The van der Waals surface area contributed by atoms with Gasteiger partial charge in [-0.15, -0.1) is 0 Å². The summed E-state index contributed by atoms with van der Waals surface area (Å²) in [6.45, 7) is 2.47. The summed E-state index contributed by atoms with van der Waals surface area (Å²) < 4.78 is 1.73. The summed E-state index contributed by atoms with van der Waals surface area (Å²) in [6.07, 6.45) is 1.61. The second-order valence-corrected chi connectivity index (χ2v) is 6.83. The van der Waals surface area contributed by atoms with Gasteiger partial charge in [0.1, 0.15) is 0 Å². The van der Waals surface area contributed by atoms with E-state index in [1.807, 2.05) is 34.1 Å². The molecule has 7 heteroatoms. The highest BCUT2D eigenvalue weighted by atomic mass is 32.1. The smallest absolute Gasteiger partial charge is 0.252 e. The van der Waals surface area contributed by atoms with Gasteiger partial charge in [0.15, 0.2) is 5.65 Å². The van der Waals surface area contributed by atoms with Gasteiger partial charge < -0.3 is 10.2 Å². The topological polar surface area (TPSA) is 63.1 Å². The standard InChI is InChI=1S/C17H21N5OS/c1-11-14-7-13(8-18-16(14)22(4)20-11)17(23)19-9-15(21(2)3)12-5-6-24-10-12/h5-8,10,15H,9H2,1-4H3,(H,19,23). The number of likely N-dealkylation sites (N-methyl/N-ethyl adjacent to an activating group) is 1. The average Bonchev–Trinajstić information content (AvgIpc) is 3.16. The van der Waals surface area contributed by atoms with Gasteiger partial charge in [-0.1, -0.05) is 0 Å². The van der Waals surface area contributed by atoms with Crippen LogP contribution in [-0.4, -0.2) is 46.2 Å². The number of fused-ring (bicyclic) bond motifs is 1. The Labute approximate surface area is 145 Å². The molecule has 126 valence electrons. The van der Waals surface area contributed by atoms with Crippen LogP contribution in [0.4, 0.5) is 0 Å². The molecule has 1 amide bonds. The molecule has 3 heterocycles. The number of nitrogens with one attached hydrogen (secondary N) is 1. The Kier molecular flexibility index (Phi) is 4.64. The van der Waals surface area contributed by atoms with Gasteiger partial charge in [-0.05, 0) is 49.5 Å². The van der Waals surface area contributed by atoms with Gasteiger partial charge >= 0.3 is 0 Å². The number of amides is 1. The highest BCUT2D eigenvalue weighted by Crippen LogP contribution is 2.20. The number of hydrogen-bond acceptors (Lipinski definition) is 5. The van der Waals surface area contributed by atoms with Crippen molar-refractivity contribution in [2.45, 2.75) is 13.0 Å². The van der Waals surface area contributed by atoms with Crippen LogP contribution in [0.1, 0.15) is 27.7 Å². The van der Waals surface area contributed by atoms with Gasteiger partial charge in [0, 0.05) is 25.2 Å². The van der Waals surface area contributed by atoms with E-state index in [4.69, 9.17) is 0 Å². The molecule has 0 radical (unpaired) electrons. The number of rotatable bonds is 5. The second-order valence-electron chi connectivity index (χ2n) is 6.05. The third kappa shape index (κ3) is 3.18. The van der Waals surface area contributed by atoms with E-state index in [0.717, 1.165) is 16.7 Å². The molecule has 0 bridgehead atoms. The van der Waals surface area contributed by atoms with Crippen molar-refractivity contribution in [2.75, 3.05) is 20.6 Å². The minimum absolute atomic E-state index is 0.116. The molecule has 0 aliphatic heterocycles. The molecule has 1 atom stereocenters. The van der Waals surface area contributed by atoms with Crippen LogP contribution in [0.25, 0.3) is 11.0 Å². The van der Waals surface area contributed by atoms with Crippen LogP contribution < -0.4 is 5.32 Å². The number of aryl methyl sites for hydroxylation is 2. The summed E-state index contributed by atoms with van der Waals surface area (Å²) in [5, 5.41) is 12.4. The van der Waals surface area contributed by atoms with Crippen molar-refractivity contribution in [1.82, 2.24) is 25.0 Å². The Morgan fingerprint density at radius 2 is 2.25 bits per heavy atom. The third-order valence-electron chi connectivity index (χ3n) is 4.13. The van der Waals surface area contributed by atoms with Crippen LogP contribution in [0.3, 0.4) is 0 Å². The van der Waals surface area contributed by atoms with Crippen molar-refractivity contribution in [3.05, 3.63) is 45.9 Å². The SMILES string of the molecule is Cc1nn(C)c2ncc(C(=O)NCC(c3ccsc3)N(C)C)cc12. The molecule has 1 N–H and O–H groups in total. The van der Waals surface area contributed by atoms with E-state index >= 15 is 0 Å². The summed E-state index contributed by atoms with van der Waals surface area (Å²) in [7, 11) is 5.88. The summed E-state index contributed by atoms with van der Waals surface area (Å²) in [6, 6.07) is 4.10. The van der Waals surface area contributed by atoms with E-state index in [-0.39, 0.29) is 11.9 Å². The molecule has 3 aromatic heterocycles. The number of hydrogen-bond donors (Lipinski definition) is 1. The van der Waals surface area contributed by atoms with Crippen LogP contribution >= 0.6 is 11.3 Å². The Bertz CT molecular complexity index is 853. The molecule has 0 aromatic carbocycles. The van der Waals surface area contributed by atoms with Crippen molar-refractivity contribution in [2.24, 2.45) is 7.05 Å². The zero-order valence-electron chi connectivity index (χ0n) is 14.3. The minimum Gasteiger partial charge on any atom is -0.350 e. The third-order valence-corrected chi connectivity index (χ3v) is 4.83. The molecule has 0 saturated carbocycles. The highest BCUT2D eigenvalue weighted by molar-refractivity contribution is 7.07. The molecule has 3 rings (SSSR count). The van der Waals surface area contributed by atoms with Crippen molar-refractivity contribution >= 4 is 28.3 Å². The molecule has 0 aliphatic rings. The molecule has 0 saturated heterocycles. The Morgan fingerprint density at radius 1 is 1.46 bits per heavy atom. The molecule has 0 fully saturated rings. The fourth-order valence-electron chi connectivity index (χ4n) is 2.79. The Balaban J connectivity index is 1.76. The molecule has 24 heavy (non-hydrogen) atoms. The summed E-state index contributed by atoms with van der Waals surface area (Å²) in [4.78, 5) is 19.0. The maximum atomic E-state index is 12.5. The lowest BCUT2D eigenvalue weighted by Crippen LogP contribution is -2.34. The zero-order chi connectivity index (χ0) is 17.3. The lowest BCUT2D eigenvalue weighted by molar-refractivity contribution is 0.0942. The van der Waals surface area contributed by atoms with Gasteiger partial charge in [0.05, 0.1) is 17.3 Å². The van der Waals surface area contributed by atoms with Crippen molar-refractivity contribution in [1.29, 1.82) is 0 Å². The average molecular weight is 343 g/mol. The number of thiophene rings is 1. The predicted octanol–water partition coefficient (Wildman–Crippen LogP) is 2.37. The van der Waals surface area contributed by atoms with Crippen molar-refractivity contribution < 1.29 is 4.79 Å². The summed E-state index contributed by atoms with van der Waals surface area (Å²) in [5.41, 5.74) is 3.43. The largest absolute Gasteiger partial charge is 0.350 e. The van der Waals surface area contributed by atoms with E-state index in [2.05, 4.69) is 37.1 Å². The fourth-order valence-corrected chi connectivity index (χ4v) is 3.49. The number of carbonyl (C=O) groups excluding carboxylic acids is 1. The zero-order valence-corrected chi connectivity index (χ0v) is 15.1. The summed E-state index contributed by atoms with van der Waals surface area (Å²) >= 11 is 1.66. The molecular weight excluding hydrogens is 322 g/mol. The molecular formula is C17H21N5OS. The highest BCUT2D eigenvalue weighted by Gasteiger charge is 2.17. The molecule has 1 unspecified atom stereocenters. The molecule has 0 aliphatic carbocycles. The lowest BCUT2D eigenvalue weighted by atomic mass is 10.1. The van der Waals surface area contributed by atoms with Crippen LogP contribution in [0.2, 0.25) is 0 Å². The van der Waals surface area contributed by atoms with Crippen LogP contribution in [0.5, 0.6) is 0 Å². The predicted molar refractivity (Wildman–Crippen MR) is 96.3 cm³/mol. The number of carbonyl (C=O) groups is 1. The first-order valence-corrected chi connectivity index (χ1v) is 8.67. The lowest BCUT2D eigenvalue weighted by Gasteiger charge is -2.24. The normalized spacial score (nSPS) is 12.7. The quantitative estimate of drug-likeness (QED) is 0.772. The van der Waals surface area contributed by atoms with E-state index < -0.39 is 0 Å². The molecule has 6 nitrogen and oxygen atoms in total. The molecule has 0 spiro atoms. The van der Waals surface area contributed by atoms with Crippen LogP contribution in [0, 0.1) is 6.92 Å². The van der Waals surface area contributed by atoms with E-state index in [0.29, 0.717) is 12.1 Å². The van der Waals surface area contributed by atoms with Crippen LogP contribution in [-0.2, 0) is 7.05 Å². The first kappa shape index (κ1) is 16.6. The summed E-state index contributed by atoms with van der Waals surface area (Å²) in [5.74, 6) is -0.116. The van der Waals surface area contributed by atoms with Crippen molar-refractivity contribution in [3.8, 4) is 0 Å². The van der Waals surface area contributed by atoms with Gasteiger partial charge in [0.2, 0.25) is 0 Å². The second kappa shape index (κ2) is 6.70. The number of nitrogens with zero attached hydrogens (tertiary/aromatic N) is 4. The van der Waals surface area contributed by atoms with Gasteiger partial charge in [-0.2, -0.15) is 16.4 Å².